The summed E-state index contributed by atoms with van der Waals surface area (Å²) in [5.74, 6) is 2.04. The number of rotatable bonds is 1. The SMILES string of the molecule is C=CC(=O)NC.CC1(C)C2CCCC1C2. The van der Waals surface area contributed by atoms with E-state index < -0.39 is 0 Å². The van der Waals surface area contributed by atoms with Crippen molar-refractivity contribution in [2.24, 2.45) is 17.3 Å². The summed E-state index contributed by atoms with van der Waals surface area (Å²) in [7, 11) is 1.56. The van der Waals surface area contributed by atoms with Gasteiger partial charge in [0.2, 0.25) is 5.91 Å². The molecule has 1 amide bonds. The summed E-state index contributed by atoms with van der Waals surface area (Å²) < 4.78 is 0. The number of hydrogen-bond acceptors (Lipinski definition) is 1. The first-order valence-electron chi connectivity index (χ1n) is 5.86. The number of fused-ring (bicyclic) bond motifs is 2. The van der Waals surface area contributed by atoms with Crippen LogP contribution in [0, 0.1) is 17.3 Å². The Hall–Kier alpha value is -0.790. The molecule has 0 aliphatic heterocycles. The van der Waals surface area contributed by atoms with Gasteiger partial charge in [0, 0.05) is 7.05 Å². The Morgan fingerprint density at radius 3 is 2.07 bits per heavy atom. The van der Waals surface area contributed by atoms with Gasteiger partial charge in [-0.25, -0.2) is 0 Å². The van der Waals surface area contributed by atoms with Crippen LogP contribution in [0.25, 0.3) is 0 Å². The molecule has 1 N–H and O–H groups in total. The fourth-order valence-electron chi connectivity index (χ4n) is 2.82. The monoisotopic (exact) mass is 209 g/mol. The Morgan fingerprint density at radius 1 is 1.40 bits per heavy atom. The van der Waals surface area contributed by atoms with Gasteiger partial charge in [-0.3, -0.25) is 4.79 Å². The number of carbonyl (C=O) groups excluding carboxylic acids is 1. The molecule has 0 spiro atoms. The zero-order chi connectivity index (χ0) is 11.5. The maximum absolute atomic E-state index is 9.95. The fraction of sp³-hybridized carbons (Fsp3) is 0.769. The summed E-state index contributed by atoms with van der Waals surface area (Å²) >= 11 is 0. The van der Waals surface area contributed by atoms with E-state index in [2.05, 4.69) is 25.7 Å². The Kier molecular flexibility index (Phi) is 3.95. The van der Waals surface area contributed by atoms with Crippen LogP contribution < -0.4 is 5.32 Å². The first kappa shape index (κ1) is 12.3. The van der Waals surface area contributed by atoms with E-state index in [9.17, 15) is 4.79 Å². The van der Waals surface area contributed by atoms with E-state index in [-0.39, 0.29) is 5.91 Å². The first-order valence-corrected chi connectivity index (χ1v) is 5.86. The lowest BCUT2D eigenvalue weighted by Crippen LogP contribution is -2.47. The average molecular weight is 209 g/mol. The van der Waals surface area contributed by atoms with Gasteiger partial charge >= 0.3 is 0 Å². The van der Waals surface area contributed by atoms with Crippen LogP contribution >= 0.6 is 0 Å². The molecule has 3 fully saturated rings. The molecule has 2 unspecified atom stereocenters. The molecule has 15 heavy (non-hydrogen) atoms. The van der Waals surface area contributed by atoms with Crippen molar-refractivity contribution in [2.75, 3.05) is 7.05 Å². The van der Waals surface area contributed by atoms with Crippen LogP contribution in [0.15, 0.2) is 12.7 Å². The second-order valence-corrected chi connectivity index (χ2v) is 5.20. The van der Waals surface area contributed by atoms with Crippen molar-refractivity contribution in [3.63, 3.8) is 0 Å². The van der Waals surface area contributed by atoms with Gasteiger partial charge in [0.25, 0.3) is 0 Å². The third-order valence-electron chi connectivity index (χ3n) is 4.21. The molecule has 0 aromatic rings. The molecule has 0 radical (unpaired) electrons. The quantitative estimate of drug-likeness (QED) is 0.661. The number of likely N-dealkylation sites (N-methyl/N-ethyl adjacent to an activating group) is 1. The minimum Gasteiger partial charge on any atom is -0.356 e. The summed E-state index contributed by atoms with van der Waals surface area (Å²) in [6.45, 7) is 8.12. The van der Waals surface area contributed by atoms with Crippen LogP contribution in [0.5, 0.6) is 0 Å². The Balaban J connectivity index is 0.000000167. The molecule has 3 saturated carbocycles. The summed E-state index contributed by atoms with van der Waals surface area (Å²) in [4.78, 5) is 9.95. The zero-order valence-electron chi connectivity index (χ0n) is 10.2. The van der Waals surface area contributed by atoms with E-state index in [4.69, 9.17) is 0 Å². The molecule has 86 valence electrons. The molecular weight excluding hydrogens is 186 g/mol. The smallest absolute Gasteiger partial charge is 0.243 e. The van der Waals surface area contributed by atoms with E-state index in [1.807, 2.05) is 0 Å². The molecule has 2 nitrogen and oxygen atoms in total. The molecule has 0 aromatic carbocycles. The predicted molar refractivity (Wildman–Crippen MR) is 63.5 cm³/mol. The third-order valence-corrected chi connectivity index (χ3v) is 4.21. The molecule has 0 saturated heterocycles. The molecule has 3 aliphatic rings. The van der Waals surface area contributed by atoms with Gasteiger partial charge in [0.05, 0.1) is 0 Å². The minimum absolute atomic E-state index is 0.144. The van der Waals surface area contributed by atoms with Crippen molar-refractivity contribution in [3.8, 4) is 0 Å². The molecule has 0 heterocycles. The largest absolute Gasteiger partial charge is 0.356 e. The maximum atomic E-state index is 9.95. The average Bonchev–Trinajstić information content (AvgIpc) is 2.29. The zero-order valence-corrected chi connectivity index (χ0v) is 10.2. The highest BCUT2D eigenvalue weighted by molar-refractivity contribution is 5.86. The fourth-order valence-corrected chi connectivity index (χ4v) is 2.82. The van der Waals surface area contributed by atoms with Gasteiger partial charge in [0.1, 0.15) is 0 Å². The van der Waals surface area contributed by atoms with Gasteiger partial charge in [0.15, 0.2) is 0 Å². The van der Waals surface area contributed by atoms with Crippen LogP contribution in [-0.2, 0) is 4.79 Å². The number of amides is 1. The van der Waals surface area contributed by atoms with E-state index in [0.29, 0.717) is 0 Å². The van der Waals surface area contributed by atoms with E-state index >= 15 is 0 Å². The maximum Gasteiger partial charge on any atom is 0.243 e. The second kappa shape index (κ2) is 4.82. The topological polar surface area (TPSA) is 29.1 Å². The van der Waals surface area contributed by atoms with Crippen molar-refractivity contribution < 1.29 is 4.79 Å². The third kappa shape index (κ3) is 2.61. The van der Waals surface area contributed by atoms with Crippen molar-refractivity contribution in [1.82, 2.24) is 5.32 Å². The lowest BCUT2D eigenvalue weighted by atomic mass is 9.49. The van der Waals surface area contributed by atoms with Crippen LogP contribution in [0.2, 0.25) is 0 Å². The van der Waals surface area contributed by atoms with E-state index in [1.54, 1.807) is 13.5 Å². The summed E-state index contributed by atoms with van der Waals surface area (Å²) in [5.41, 5.74) is 0.734. The number of hydrogen-bond donors (Lipinski definition) is 1. The number of carbonyl (C=O) groups is 1. The lowest BCUT2D eigenvalue weighted by Gasteiger charge is -2.56. The van der Waals surface area contributed by atoms with Gasteiger partial charge in [-0.1, -0.05) is 26.8 Å². The van der Waals surface area contributed by atoms with Crippen LogP contribution in [0.3, 0.4) is 0 Å². The molecule has 3 rings (SSSR count). The molecule has 0 aromatic heterocycles. The highest BCUT2D eigenvalue weighted by Gasteiger charge is 2.49. The van der Waals surface area contributed by atoms with Crippen LogP contribution in [-0.4, -0.2) is 13.0 Å². The van der Waals surface area contributed by atoms with Crippen molar-refractivity contribution in [3.05, 3.63) is 12.7 Å². The van der Waals surface area contributed by atoms with Crippen molar-refractivity contribution in [1.29, 1.82) is 0 Å². The molecule has 2 heteroatoms. The molecule has 3 aliphatic carbocycles. The Bertz CT molecular complexity index is 229. The summed E-state index contributed by atoms with van der Waals surface area (Å²) in [6.07, 6.45) is 7.32. The first-order chi connectivity index (χ1) is 7.02. The highest BCUT2D eigenvalue weighted by atomic mass is 16.1. The molecule has 2 atom stereocenters. The van der Waals surface area contributed by atoms with E-state index in [1.165, 1.54) is 25.3 Å². The lowest BCUT2D eigenvalue weighted by molar-refractivity contribution is -0.116. The second-order valence-electron chi connectivity index (χ2n) is 5.20. The van der Waals surface area contributed by atoms with Gasteiger partial charge in [-0.05, 0) is 42.6 Å². The predicted octanol–water partition coefficient (Wildman–Crippen LogP) is 2.75. The number of nitrogens with one attached hydrogen (secondary N) is 1. The van der Waals surface area contributed by atoms with Gasteiger partial charge in [-0.2, -0.15) is 0 Å². The van der Waals surface area contributed by atoms with E-state index in [0.717, 1.165) is 17.3 Å². The van der Waals surface area contributed by atoms with Crippen molar-refractivity contribution >= 4 is 5.91 Å². The Morgan fingerprint density at radius 2 is 1.93 bits per heavy atom. The van der Waals surface area contributed by atoms with Gasteiger partial charge in [-0.15, -0.1) is 0 Å². The highest BCUT2D eigenvalue weighted by Crippen LogP contribution is 2.58. The summed E-state index contributed by atoms with van der Waals surface area (Å²) in [5, 5.41) is 2.36. The summed E-state index contributed by atoms with van der Waals surface area (Å²) in [6, 6.07) is 0. The van der Waals surface area contributed by atoms with Crippen LogP contribution in [0.4, 0.5) is 0 Å². The van der Waals surface area contributed by atoms with Crippen molar-refractivity contribution in [2.45, 2.75) is 39.5 Å². The minimum atomic E-state index is -0.144. The normalized spacial score (nSPS) is 30.3. The Labute approximate surface area is 93.1 Å². The standard InChI is InChI=1S/C9H16.C4H7NO/c1-9(2)7-4-3-5-8(9)6-7;1-3-4(6)5-2/h7-8H,3-6H2,1-2H3;3H,1H2,2H3,(H,5,6). The van der Waals surface area contributed by atoms with Crippen LogP contribution in [0.1, 0.15) is 39.5 Å². The molecular formula is C13H23NO. The van der Waals surface area contributed by atoms with Gasteiger partial charge < -0.3 is 5.32 Å². The molecule has 2 bridgehead atoms.